The van der Waals surface area contributed by atoms with Gasteiger partial charge in [-0.25, -0.2) is 4.39 Å². The van der Waals surface area contributed by atoms with Gasteiger partial charge in [0.25, 0.3) is 0 Å². The molecule has 0 N–H and O–H groups in total. The minimum absolute atomic E-state index is 0.108. The Bertz CT molecular complexity index is 400. The summed E-state index contributed by atoms with van der Waals surface area (Å²) < 4.78 is 13.4. The molecular weight excluding hydrogens is 187 g/mol. The monoisotopic (exact) mass is 204 g/mol. The van der Waals surface area contributed by atoms with Crippen molar-refractivity contribution in [2.24, 2.45) is 0 Å². The molecule has 0 atom stereocenters. The number of rotatable bonds is 3. The maximum absolute atomic E-state index is 13.4. The van der Waals surface area contributed by atoms with Gasteiger partial charge < -0.3 is 0 Å². The zero-order chi connectivity index (χ0) is 11.4. The van der Waals surface area contributed by atoms with E-state index in [0.717, 1.165) is 28.7 Å². The first-order valence-corrected chi connectivity index (χ1v) is 5.18. The summed E-state index contributed by atoms with van der Waals surface area (Å²) >= 11 is 0. The molecule has 0 saturated heterocycles. The summed E-state index contributed by atoms with van der Waals surface area (Å²) in [5.41, 5.74) is 4.00. The van der Waals surface area contributed by atoms with E-state index in [0.29, 0.717) is 0 Å². The molecule has 0 nitrogen and oxygen atoms in total. The van der Waals surface area contributed by atoms with Crippen molar-refractivity contribution in [2.45, 2.75) is 27.2 Å². The van der Waals surface area contributed by atoms with Crippen molar-refractivity contribution in [2.75, 3.05) is 0 Å². The van der Waals surface area contributed by atoms with Gasteiger partial charge in [-0.1, -0.05) is 37.3 Å². The molecule has 15 heavy (non-hydrogen) atoms. The third-order valence-corrected chi connectivity index (χ3v) is 2.64. The quantitative estimate of drug-likeness (QED) is 0.644. The number of halogens is 1. The van der Waals surface area contributed by atoms with Gasteiger partial charge in [-0.3, -0.25) is 0 Å². The summed E-state index contributed by atoms with van der Waals surface area (Å²) in [7, 11) is 0. The summed E-state index contributed by atoms with van der Waals surface area (Å²) in [6.07, 6.45) is 4.56. The van der Waals surface area contributed by atoms with Gasteiger partial charge in [-0.05, 0) is 43.0 Å². The fraction of sp³-hybridized carbons (Fsp3) is 0.286. The van der Waals surface area contributed by atoms with E-state index in [2.05, 4.69) is 6.58 Å². The van der Waals surface area contributed by atoms with Crippen LogP contribution in [0.2, 0.25) is 0 Å². The van der Waals surface area contributed by atoms with Crippen molar-refractivity contribution in [3.63, 3.8) is 0 Å². The van der Waals surface area contributed by atoms with Crippen LogP contribution in [-0.4, -0.2) is 0 Å². The lowest BCUT2D eigenvalue weighted by Crippen LogP contribution is -1.95. The molecule has 1 rings (SSSR count). The Kier molecular flexibility index (Phi) is 3.84. The van der Waals surface area contributed by atoms with E-state index in [1.54, 1.807) is 6.08 Å². The molecule has 0 aliphatic carbocycles. The standard InChI is InChI=1S/C14H17F/c1-5-10(3)9-12-7-8-14(15)13(6-2)11(12)4/h5,7-9H,1,6H2,2-4H3/b10-9-. The zero-order valence-electron chi connectivity index (χ0n) is 9.60. The molecule has 0 amide bonds. The first-order chi connectivity index (χ1) is 7.10. The average molecular weight is 204 g/mol. The first-order valence-electron chi connectivity index (χ1n) is 5.18. The van der Waals surface area contributed by atoms with Gasteiger partial charge in [-0.2, -0.15) is 0 Å². The maximum Gasteiger partial charge on any atom is 0.126 e. The molecule has 0 saturated carbocycles. The van der Waals surface area contributed by atoms with Crippen molar-refractivity contribution in [1.29, 1.82) is 0 Å². The van der Waals surface area contributed by atoms with Crippen LogP contribution >= 0.6 is 0 Å². The first kappa shape index (κ1) is 11.7. The van der Waals surface area contributed by atoms with Crippen LogP contribution in [0.1, 0.15) is 30.5 Å². The Balaban J connectivity index is 3.27. The van der Waals surface area contributed by atoms with Crippen molar-refractivity contribution >= 4 is 6.08 Å². The van der Waals surface area contributed by atoms with E-state index < -0.39 is 0 Å². The molecule has 1 heteroatoms. The largest absolute Gasteiger partial charge is 0.207 e. The van der Waals surface area contributed by atoms with Crippen LogP contribution in [0, 0.1) is 12.7 Å². The molecule has 0 aromatic heterocycles. The Morgan fingerprint density at radius 1 is 1.47 bits per heavy atom. The lowest BCUT2D eigenvalue weighted by molar-refractivity contribution is 0.610. The van der Waals surface area contributed by atoms with Crippen LogP contribution in [0.4, 0.5) is 4.39 Å². The molecule has 1 aromatic carbocycles. The van der Waals surface area contributed by atoms with Crippen molar-refractivity contribution < 1.29 is 4.39 Å². The van der Waals surface area contributed by atoms with Gasteiger partial charge in [0.2, 0.25) is 0 Å². The highest BCUT2D eigenvalue weighted by Gasteiger charge is 2.06. The molecule has 0 heterocycles. The summed E-state index contributed by atoms with van der Waals surface area (Å²) in [6, 6.07) is 3.35. The van der Waals surface area contributed by atoms with Gasteiger partial charge in [0.1, 0.15) is 5.82 Å². The molecule has 0 bridgehead atoms. The Morgan fingerprint density at radius 3 is 2.67 bits per heavy atom. The van der Waals surface area contributed by atoms with Crippen LogP contribution in [0.15, 0.2) is 30.4 Å². The van der Waals surface area contributed by atoms with Gasteiger partial charge >= 0.3 is 0 Å². The number of hydrogen-bond donors (Lipinski definition) is 0. The average Bonchev–Trinajstić information content (AvgIpc) is 2.23. The minimum Gasteiger partial charge on any atom is -0.207 e. The fourth-order valence-electron chi connectivity index (χ4n) is 1.64. The molecule has 0 aliphatic heterocycles. The van der Waals surface area contributed by atoms with E-state index in [-0.39, 0.29) is 5.82 Å². The Morgan fingerprint density at radius 2 is 2.13 bits per heavy atom. The van der Waals surface area contributed by atoms with Crippen LogP contribution in [0.3, 0.4) is 0 Å². The normalized spacial score (nSPS) is 11.6. The second-order valence-electron chi connectivity index (χ2n) is 3.69. The van der Waals surface area contributed by atoms with Gasteiger partial charge in [0.15, 0.2) is 0 Å². The molecule has 0 radical (unpaired) electrons. The van der Waals surface area contributed by atoms with E-state index in [1.807, 2.05) is 32.9 Å². The minimum atomic E-state index is -0.108. The molecule has 1 aromatic rings. The van der Waals surface area contributed by atoms with Crippen LogP contribution < -0.4 is 0 Å². The van der Waals surface area contributed by atoms with Crippen LogP contribution in [-0.2, 0) is 6.42 Å². The highest BCUT2D eigenvalue weighted by atomic mass is 19.1. The summed E-state index contributed by atoms with van der Waals surface area (Å²) in [4.78, 5) is 0. The van der Waals surface area contributed by atoms with E-state index in [9.17, 15) is 4.39 Å². The number of hydrogen-bond acceptors (Lipinski definition) is 0. The topological polar surface area (TPSA) is 0 Å². The second-order valence-corrected chi connectivity index (χ2v) is 3.69. The SMILES string of the molecule is C=C/C(C)=C\c1ccc(F)c(CC)c1C. The fourth-order valence-corrected chi connectivity index (χ4v) is 1.64. The van der Waals surface area contributed by atoms with Gasteiger partial charge in [-0.15, -0.1) is 0 Å². The third-order valence-electron chi connectivity index (χ3n) is 2.64. The molecule has 0 fully saturated rings. The van der Waals surface area contributed by atoms with E-state index >= 15 is 0 Å². The van der Waals surface area contributed by atoms with Crippen molar-refractivity contribution in [1.82, 2.24) is 0 Å². The van der Waals surface area contributed by atoms with Crippen LogP contribution in [0.5, 0.6) is 0 Å². The number of allylic oxidation sites excluding steroid dienone is 2. The van der Waals surface area contributed by atoms with Crippen molar-refractivity contribution in [3.8, 4) is 0 Å². The van der Waals surface area contributed by atoms with Gasteiger partial charge in [0.05, 0.1) is 0 Å². The molecular formula is C14H17F. The summed E-state index contributed by atoms with van der Waals surface area (Å²) in [5, 5.41) is 0. The maximum atomic E-state index is 13.4. The smallest absolute Gasteiger partial charge is 0.126 e. The predicted molar refractivity (Wildman–Crippen MR) is 64.4 cm³/mol. The molecule has 0 aliphatic rings. The summed E-state index contributed by atoms with van der Waals surface area (Å²) in [5.74, 6) is -0.108. The molecule has 0 unspecified atom stereocenters. The molecule has 80 valence electrons. The number of benzene rings is 1. The zero-order valence-corrected chi connectivity index (χ0v) is 9.60. The Hall–Kier alpha value is -1.37. The molecule has 0 spiro atoms. The predicted octanol–water partition coefficient (Wildman–Crippen LogP) is 4.29. The summed E-state index contributed by atoms with van der Waals surface area (Å²) in [6.45, 7) is 9.63. The lowest BCUT2D eigenvalue weighted by atomic mass is 9.98. The third kappa shape index (κ3) is 2.56. The van der Waals surface area contributed by atoms with Crippen molar-refractivity contribution in [3.05, 3.63) is 52.9 Å². The lowest BCUT2D eigenvalue weighted by Gasteiger charge is -2.08. The second kappa shape index (κ2) is 4.92. The van der Waals surface area contributed by atoms with Crippen LogP contribution in [0.25, 0.3) is 6.08 Å². The van der Waals surface area contributed by atoms with E-state index in [4.69, 9.17) is 0 Å². The van der Waals surface area contributed by atoms with E-state index in [1.165, 1.54) is 6.07 Å². The Labute approximate surface area is 91.1 Å². The highest BCUT2D eigenvalue weighted by molar-refractivity contribution is 5.59. The highest BCUT2D eigenvalue weighted by Crippen LogP contribution is 2.20. The van der Waals surface area contributed by atoms with Gasteiger partial charge in [0, 0.05) is 0 Å².